The van der Waals surface area contributed by atoms with Gasteiger partial charge in [-0.3, -0.25) is 0 Å². The maximum Gasteiger partial charge on any atom is 0.321 e. The van der Waals surface area contributed by atoms with Crippen molar-refractivity contribution >= 4 is 23.3 Å². The molecule has 0 heterocycles. The first-order valence-electron chi connectivity index (χ1n) is 6.99. The second-order valence-electron chi connectivity index (χ2n) is 4.96. The minimum Gasteiger partial charge on any atom is -0.497 e. The highest BCUT2D eigenvalue weighted by Crippen LogP contribution is 2.14. The molecule has 0 aliphatic carbocycles. The van der Waals surface area contributed by atoms with Crippen LogP contribution in [0.1, 0.15) is 5.56 Å². The number of rotatable bonds is 5. The first-order valence-corrected chi connectivity index (χ1v) is 7.37. The molecule has 0 saturated carbocycles. The number of nitrogens with one attached hydrogen (secondary N) is 1. The van der Waals surface area contributed by atoms with Crippen molar-refractivity contribution in [2.45, 2.75) is 6.42 Å². The van der Waals surface area contributed by atoms with Gasteiger partial charge in [0.2, 0.25) is 0 Å². The average Bonchev–Trinajstić information content (AvgIpc) is 2.55. The number of hydrogen-bond acceptors (Lipinski definition) is 2. The average molecular weight is 319 g/mol. The van der Waals surface area contributed by atoms with Gasteiger partial charge in [0.1, 0.15) is 5.75 Å². The van der Waals surface area contributed by atoms with E-state index < -0.39 is 0 Å². The maximum atomic E-state index is 12.1. The van der Waals surface area contributed by atoms with Crippen molar-refractivity contribution in [3.63, 3.8) is 0 Å². The fourth-order valence-electron chi connectivity index (χ4n) is 1.94. The summed E-state index contributed by atoms with van der Waals surface area (Å²) in [6.07, 6.45) is 0.786. The van der Waals surface area contributed by atoms with Crippen LogP contribution in [0.3, 0.4) is 0 Å². The van der Waals surface area contributed by atoms with Crippen LogP contribution in [0.2, 0.25) is 5.02 Å². The molecule has 116 valence electrons. The van der Waals surface area contributed by atoms with Crippen molar-refractivity contribution < 1.29 is 9.53 Å². The van der Waals surface area contributed by atoms with E-state index in [2.05, 4.69) is 5.32 Å². The lowest BCUT2D eigenvalue weighted by Gasteiger charge is -2.18. The number of carbonyl (C=O) groups is 1. The predicted molar refractivity (Wildman–Crippen MR) is 89.8 cm³/mol. The number of halogens is 1. The fraction of sp³-hybridized carbons (Fsp3) is 0.235. The van der Waals surface area contributed by atoms with Gasteiger partial charge < -0.3 is 15.0 Å². The summed E-state index contributed by atoms with van der Waals surface area (Å²) in [5.41, 5.74) is 1.89. The number of carbonyl (C=O) groups excluding carboxylic acids is 1. The van der Waals surface area contributed by atoms with Gasteiger partial charge >= 0.3 is 6.03 Å². The third-order valence-corrected chi connectivity index (χ3v) is 3.59. The summed E-state index contributed by atoms with van der Waals surface area (Å²) in [7, 11) is 3.42. The number of likely N-dealkylation sites (N-methyl/N-ethyl adjacent to an activating group) is 1. The van der Waals surface area contributed by atoms with Gasteiger partial charge in [0.25, 0.3) is 0 Å². The zero-order chi connectivity index (χ0) is 15.9. The molecule has 0 aliphatic rings. The van der Waals surface area contributed by atoms with E-state index >= 15 is 0 Å². The molecule has 0 fully saturated rings. The SMILES string of the molecule is COc1ccc(CCN(C)C(=O)Nc2ccc(Cl)cc2)cc1. The van der Waals surface area contributed by atoms with E-state index in [1.807, 2.05) is 24.3 Å². The highest BCUT2D eigenvalue weighted by atomic mass is 35.5. The van der Waals surface area contributed by atoms with E-state index in [-0.39, 0.29) is 6.03 Å². The Bertz CT molecular complexity index is 612. The molecule has 2 aromatic carbocycles. The Morgan fingerprint density at radius 2 is 1.77 bits per heavy atom. The Morgan fingerprint density at radius 3 is 2.36 bits per heavy atom. The first kappa shape index (κ1) is 16.2. The van der Waals surface area contributed by atoms with Crippen LogP contribution >= 0.6 is 11.6 Å². The molecule has 0 spiro atoms. The summed E-state index contributed by atoms with van der Waals surface area (Å²) in [4.78, 5) is 13.7. The highest BCUT2D eigenvalue weighted by molar-refractivity contribution is 6.30. The predicted octanol–water partition coefficient (Wildman–Crippen LogP) is 4.06. The Kier molecular flexibility index (Phi) is 5.67. The van der Waals surface area contributed by atoms with Gasteiger partial charge in [0.15, 0.2) is 0 Å². The molecule has 0 radical (unpaired) electrons. The zero-order valence-corrected chi connectivity index (χ0v) is 13.4. The monoisotopic (exact) mass is 318 g/mol. The molecule has 5 heteroatoms. The van der Waals surface area contributed by atoms with E-state index in [4.69, 9.17) is 16.3 Å². The van der Waals surface area contributed by atoms with Crippen LogP contribution in [-0.2, 0) is 6.42 Å². The Labute approximate surface area is 135 Å². The van der Waals surface area contributed by atoms with Crippen molar-refractivity contribution in [1.29, 1.82) is 0 Å². The summed E-state index contributed by atoms with van der Waals surface area (Å²) in [5.74, 6) is 0.831. The van der Waals surface area contributed by atoms with E-state index in [1.54, 1.807) is 43.3 Å². The van der Waals surface area contributed by atoms with Gasteiger partial charge in [-0.25, -0.2) is 4.79 Å². The molecule has 0 aromatic heterocycles. The molecule has 22 heavy (non-hydrogen) atoms. The van der Waals surface area contributed by atoms with Crippen LogP contribution in [0, 0.1) is 0 Å². The second-order valence-corrected chi connectivity index (χ2v) is 5.39. The zero-order valence-electron chi connectivity index (χ0n) is 12.7. The molecule has 0 atom stereocenters. The van der Waals surface area contributed by atoms with Gasteiger partial charge in [-0.15, -0.1) is 0 Å². The molecule has 2 aromatic rings. The van der Waals surface area contributed by atoms with Gasteiger partial charge in [-0.05, 0) is 48.4 Å². The van der Waals surface area contributed by atoms with Crippen LogP contribution in [0.4, 0.5) is 10.5 Å². The number of anilines is 1. The van der Waals surface area contributed by atoms with E-state index in [0.29, 0.717) is 11.6 Å². The number of amides is 2. The standard InChI is InChI=1S/C17H19ClN2O2/c1-20(12-11-13-3-9-16(22-2)10-4-13)17(21)19-15-7-5-14(18)6-8-15/h3-10H,11-12H2,1-2H3,(H,19,21). The van der Waals surface area contributed by atoms with Gasteiger partial charge in [0.05, 0.1) is 7.11 Å². The molecule has 0 bridgehead atoms. The van der Waals surface area contributed by atoms with Gasteiger partial charge in [0, 0.05) is 24.3 Å². The number of urea groups is 1. The maximum absolute atomic E-state index is 12.1. The quantitative estimate of drug-likeness (QED) is 0.903. The molecule has 2 rings (SSSR count). The topological polar surface area (TPSA) is 41.6 Å². The van der Waals surface area contributed by atoms with Crippen LogP contribution < -0.4 is 10.1 Å². The number of hydrogen-bond donors (Lipinski definition) is 1. The molecule has 2 amide bonds. The van der Waals surface area contributed by atoms with Crippen LogP contribution in [-0.4, -0.2) is 31.6 Å². The molecule has 1 N–H and O–H groups in total. The van der Waals surface area contributed by atoms with Crippen molar-refractivity contribution in [3.8, 4) is 5.75 Å². The third kappa shape index (κ3) is 4.67. The van der Waals surface area contributed by atoms with Crippen LogP contribution in [0.15, 0.2) is 48.5 Å². The largest absolute Gasteiger partial charge is 0.497 e. The number of benzene rings is 2. The Morgan fingerprint density at radius 1 is 1.14 bits per heavy atom. The number of methoxy groups -OCH3 is 1. The summed E-state index contributed by atoms with van der Waals surface area (Å²) in [6.45, 7) is 0.631. The molecule has 4 nitrogen and oxygen atoms in total. The summed E-state index contributed by atoms with van der Waals surface area (Å²) >= 11 is 5.82. The summed E-state index contributed by atoms with van der Waals surface area (Å²) in [6, 6.07) is 14.7. The van der Waals surface area contributed by atoms with Crippen molar-refractivity contribution in [3.05, 3.63) is 59.1 Å². The van der Waals surface area contributed by atoms with Gasteiger partial charge in [-0.2, -0.15) is 0 Å². The van der Waals surface area contributed by atoms with E-state index in [1.165, 1.54) is 0 Å². The van der Waals surface area contributed by atoms with Crippen molar-refractivity contribution in [2.24, 2.45) is 0 Å². The lowest BCUT2D eigenvalue weighted by atomic mass is 10.1. The van der Waals surface area contributed by atoms with Crippen LogP contribution in [0.5, 0.6) is 5.75 Å². The van der Waals surface area contributed by atoms with E-state index in [0.717, 1.165) is 23.4 Å². The van der Waals surface area contributed by atoms with Crippen molar-refractivity contribution in [1.82, 2.24) is 4.90 Å². The summed E-state index contributed by atoms with van der Waals surface area (Å²) < 4.78 is 5.12. The minimum absolute atomic E-state index is 0.143. The lowest BCUT2D eigenvalue weighted by molar-refractivity contribution is 0.223. The number of ether oxygens (including phenoxy) is 1. The molecule has 0 unspecified atom stereocenters. The van der Waals surface area contributed by atoms with Crippen molar-refractivity contribution in [2.75, 3.05) is 26.0 Å². The minimum atomic E-state index is -0.143. The summed E-state index contributed by atoms with van der Waals surface area (Å²) in [5, 5.41) is 3.48. The third-order valence-electron chi connectivity index (χ3n) is 3.34. The Hall–Kier alpha value is -2.20. The molecular weight excluding hydrogens is 300 g/mol. The Balaban J connectivity index is 1.84. The molecule has 0 aliphatic heterocycles. The van der Waals surface area contributed by atoms with Crippen LogP contribution in [0.25, 0.3) is 0 Å². The number of nitrogens with zero attached hydrogens (tertiary/aromatic N) is 1. The first-order chi connectivity index (χ1) is 10.6. The normalized spacial score (nSPS) is 10.1. The van der Waals surface area contributed by atoms with E-state index in [9.17, 15) is 4.79 Å². The fourth-order valence-corrected chi connectivity index (χ4v) is 2.07. The lowest BCUT2D eigenvalue weighted by Crippen LogP contribution is -2.32. The molecular formula is C17H19ClN2O2. The van der Waals surface area contributed by atoms with Gasteiger partial charge in [-0.1, -0.05) is 23.7 Å². The molecule has 0 saturated heterocycles. The smallest absolute Gasteiger partial charge is 0.321 e. The highest BCUT2D eigenvalue weighted by Gasteiger charge is 2.08. The second kappa shape index (κ2) is 7.71.